The predicted octanol–water partition coefficient (Wildman–Crippen LogP) is 6.43. The number of hydrogen-bond donors (Lipinski definition) is 1. The van der Waals surface area contributed by atoms with Gasteiger partial charge in [-0.2, -0.15) is 13.2 Å². The van der Waals surface area contributed by atoms with E-state index in [0.29, 0.717) is 11.5 Å². The Kier molecular flexibility index (Phi) is 6.40. The number of alkyl halides is 3. The number of ether oxygens (including phenoxy) is 2. The van der Waals surface area contributed by atoms with Crippen molar-refractivity contribution in [2.75, 3.05) is 7.11 Å². The van der Waals surface area contributed by atoms with Crippen LogP contribution in [0.25, 0.3) is 22.4 Å². The van der Waals surface area contributed by atoms with E-state index < -0.39 is 11.9 Å². The second-order valence-electron chi connectivity index (χ2n) is 7.63. The number of hydrogen-bond acceptors (Lipinski definition) is 5. The highest BCUT2D eigenvalue weighted by atomic mass is 19.4. The Bertz CT molecular complexity index is 1290. The third-order valence-electron chi connectivity index (χ3n) is 5.24. The molecule has 174 valence electrons. The number of nitrogens with zero attached hydrogens (tertiary/aromatic N) is 2. The third kappa shape index (κ3) is 4.96. The molecule has 0 amide bonds. The maximum atomic E-state index is 13.8. The molecule has 0 saturated carbocycles. The molecule has 0 bridgehead atoms. The minimum atomic E-state index is -4.72. The average molecular weight is 466 g/mol. The Balaban J connectivity index is 1.72. The number of methoxy groups -OCH3 is 1. The number of aromatic nitrogens is 2. The van der Waals surface area contributed by atoms with Crippen molar-refractivity contribution in [1.82, 2.24) is 9.97 Å². The summed E-state index contributed by atoms with van der Waals surface area (Å²) >= 11 is 0. The van der Waals surface area contributed by atoms with Gasteiger partial charge in [0, 0.05) is 17.2 Å². The predicted molar refractivity (Wildman–Crippen MR) is 122 cm³/mol. The minimum absolute atomic E-state index is 0.0462. The van der Waals surface area contributed by atoms with Crippen molar-refractivity contribution in [3.8, 4) is 39.6 Å². The first-order valence-corrected chi connectivity index (χ1v) is 10.3. The molecule has 1 aromatic heterocycles. The van der Waals surface area contributed by atoms with Crippen molar-refractivity contribution >= 4 is 0 Å². The lowest BCUT2D eigenvalue weighted by Gasteiger charge is -2.17. The molecule has 8 heteroatoms. The van der Waals surface area contributed by atoms with Gasteiger partial charge in [0.1, 0.15) is 30.2 Å². The van der Waals surface area contributed by atoms with Gasteiger partial charge in [-0.15, -0.1) is 0 Å². The van der Waals surface area contributed by atoms with Gasteiger partial charge in [-0.1, -0.05) is 42.0 Å². The van der Waals surface area contributed by atoms with E-state index in [4.69, 9.17) is 9.47 Å². The Morgan fingerprint density at radius 1 is 0.882 bits per heavy atom. The lowest BCUT2D eigenvalue weighted by atomic mass is 9.96. The molecule has 0 aliphatic heterocycles. The number of aryl methyl sites for hydroxylation is 1. The zero-order valence-electron chi connectivity index (χ0n) is 18.4. The smallest absolute Gasteiger partial charge is 0.434 e. The summed E-state index contributed by atoms with van der Waals surface area (Å²) in [5.74, 6) is 0.606. The number of phenolic OH excluding ortho intramolecular Hbond substituents is 1. The van der Waals surface area contributed by atoms with Crippen LogP contribution in [-0.4, -0.2) is 22.2 Å². The quantitative estimate of drug-likeness (QED) is 0.355. The highest BCUT2D eigenvalue weighted by molar-refractivity contribution is 5.85. The fourth-order valence-electron chi connectivity index (χ4n) is 3.49. The fourth-order valence-corrected chi connectivity index (χ4v) is 3.49. The Morgan fingerprint density at radius 2 is 1.56 bits per heavy atom. The maximum Gasteiger partial charge on any atom is 0.434 e. The lowest BCUT2D eigenvalue weighted by molar-refractivity contribution is -0.140. The van der Waals surface area contributed by atoms with Crippen molar-refractivity contribution in [1.29, 1.82) is 0 Å². The molecule has 0 unspecified atom stereocenters. The molecule has 34 heavy (non-hydrogen) atoms. The number of rotatable bonds is 6. The standard InChI is InChI=1S/C26H21F3N2O3/c1-16-3-5-17(6-4-16)14-34-20-11-12-21(22(32)13-20)24-23(18-7-9-19(33-2)10-8-18)25(26(27,28)29)31-15-30-24/h3-13,15,32H,14H2,1-2H3. The monoisotopic (exact) mass is 466 g/mol. The molecule has 0 radical (unpaired) electrons. The molecule has 1 N–H and O–H groups in total. The normalized spacial score (nSPS) is 11.3. The van der Waals surface area contributed by atoms with E-state index in [0.717, 1.165) is 17.5 Å². The highest BCUT2D eigenvalue weighted by Gasteiger charge is 2.37. The SMILES string of the molecule is COc1ccc(-c2c(-c3ccc(OCc4ccc(C)cc4)cc3O)ncnc2C(F)(F)F)cc1. The molecule has 3 aromatic carbocycles. The van der Waals surface area contributed by atoms with Gasteiger partial charge in [-0.05, 0) is 42.3 Å². The van der Waals surface area contributed by atoms with E-state index in [2.05, 4.69) is 9.97 Å². The van der Waals surface area contributed by atoms with E-state index in [-0.39, 0.29) is 34.7 Å². The molecule has 5 nitrogen and oxygen atoms in total. The minimum Gasteiger partial charge on any atom is -0.507 e. The molecule has 1 heterocycles. The number of benzene rings is 3. The van der Waals surface area contributed by atoms with Crippen molar-refractivity contribution in [3.63, 3.8) is 0 Å². The molecule has 0 aliphatic rings. The van der Waals surface area contributed by atoms with Crippen LogP contribution in [0.1, 0.15) is 16.8 Å². The molecular formula is C26H21F3N2O3. The molecule has 0 fully saturated rings. The second kappa shape index (κ2) is 9.43. The highest BCUT2D eigenvalue weighted by Crippen LogP contribution is 2.43. The summed E-state index contributed by atoms with van der Waals surface area (Å²) < 4.78 is 52.3. The summed E-state index contributed by atoms with van der Waals surface area (Å²) in [5.41, 5.74) is 1.06. The van der Waals surface area contributed by atoms with Gasteiger partial charge in [0.25, 0.3) is 0 Å². The number of halogens is 3. The van der Waals surface area contributed by atoms with Gasteiger partial charge in [0.2, 0.25) is 0 Å². The van der Waals surface area contributed by atoms with E-state index >= 15 is 0 Å². The Hall–Kier alpha value is -4.07. The Morgan fingerprint density at radius 3 is 2.18 bits per heavy atom. The molecule has 0 saturated heterocycles. The largest absolute Gasteiger partial charge is 0.507 e. The molecule has 4 aromatic rings. The van der Waals surface area contributed by atoms with Crippen LogP contribution < -0.4 is 9.47 Å². The van der Waals surface area contributed by atoms with Crippen LogP contribution in [-0.2, 0) is 12.8 Å². The number of phenols is 1. The molecule has 4 rings (SSSR count). The Labute approximate surface area is 194 Å². The number of aromatic hydroxyl groups is 1. The average Bonchev–Trinajstić information content (AvgIpc) is 2.83. The summed E-state index contributed by atoms with van der Waals surface area (Å²) in [6.07, 6.45) is -3.88. The van der Waals surface area contributed by atoms with E-state index in [1.54, 1.807) is 18.2 Å². The molecule has 0 atom stereocenters. The summed E-state index contributed by atoms with van der Waals surface area (Å²) in [5, 5.41) is 10.7. The summed E-state index contributed by atoms with van der Waals surface area (Å²) in [6.45, 7) is 2.26. The zero-order valence-corrected chi connectivity index (χ0v) is 18.4. The van der Waals surface area contributed by atoms with Gasteiger partial charge in [0.05, 0.1) is 12.8 Å². The maximum absolute atomic E-state index is 13.8. The van der Waals surface area contributed by atoms with Gasteiger partial charge in [0.15, 0.2) is 5.69 Å². The molecule has 0 spiro atoms. The second-order valence-corrected chi connectivity index (χ2v) is 7.63. The van der Waals surface area contributed by atoms with E-state index in [1.807, 2.05) is 31.2 Å². The first kappa shape index (κ1) is 23.1. The van der Waals surface area contributed by atoms with Crippen LogP contribution in [0.5, 0.6) is 17.2 Å². The van der Waals surface area contributed by atoms with Crippen molar-refractivity contribution < 1.29 is 27.8 Å². The van der Waals surface area contributed by atoms with Gasteiger partial charge < -0.3 is 14.6 Å². The third-order valence-corrected chi connectivity index (χ3v) is 5.24. The van der Waals surface area contributed by atoms with Crippen molar-refractivity contribution in [2.45, 2.75) is 19.7 Å². The van der Waals surface area contributed by atoms with Crippen molar-refractivity contribution in [2.24, 2.45) is 0 Å². The van der Waals surface area contributed by atoms with Crippen LogP contribution in [0.15, 0.2) is 73.1 Å². The first-order chi connectivity index (χ1) is 16.3. The van der Waals surface area contributed by atoms with E-state index in [1.165, 1.54) is 31.4 Å². The first-order valence-electron chi connectivity index (χ1n) is 10.3. The van der Waals surface area contributed by atoms with E-state index in [9.17, 15) is 18.3 Å². The molecule has 0 aliphatic carbocycles. The topological polar surface area (TPSA) is 64.5 Å². The van der Waals surface area contributed by atoms with Gasteiger partial charge in [-0.3, -0.25) is 0 Å². The summed E-state index contributed by atoms with van der Waals surface area (Å²) in [4.78, 5) is 7.59. The summed E-state index contributed by atoms with van der Waals surface area (Å²) in [7, 11) is 1.47. The lowest BCUT2D eigenvalue weighted by Crippen LogP contribution is -2.12. The summed E-state index contributed by atoms with van der Waals surface area (Å²) in [6, 6.07) is 18.3. The van der Waals surface area contributed by atoms with Crippen molar-refractivity contribution in [3.05, 3.63) is 89.9 Å². The fraction of sp³-hybridized carbons (Fsp3) is 0.154. The van der Waals surface area contributed by atoms with Crippen LogP contribution in [0.3, 0.4) is 0 Å². The van der Waals surface area contributed by atoms with Crippen LogP contribution in [0, 0.1) is 6.92 Å². The molecular weight excluding hydrogens is 445 g/mol. The zero-order chi connectivity index (χ0) is 24.3. The van der Waals surface area contributed by atoms with Gasteiger partial charge >= 0.3 is 6.18 Å². The van der Waals surface area contributed by atoms with Crippen LogP contribution in [0.2, 0.25) is 0 Å². The van der Waals surface area contributed by atoms with Crippen LogP contribution >= 0.6 is 0 Å². The van der Waals surface area contributed by atoms with Crippen LogP contribution in [0.4, 0.5) is 13.2 Å². The van der Waals surface area contributed by atoms with Gasteiger partial charge in [-0.25, -0.2) is 9.97 Å².